The van der Waals surface area contributed by atoms with Crippen molar-refractivity contribution in [3.05, 3.63) is 30.1 Å². The van der Waals surface area contributed by atoms with Gasteiger partial charge in [0.25, 0.3) is 10.2 Å². The van der Waals surface area contributed by atoms with Crippen LogP contribution in [0.15, 0.2) is 24.5 Å². The van der Waals surface area contributed by atoms with E-state index in [-0.39, 0.29) is 0 Å². The Balaban J connectivity index is 1.55. The summed E-state index contributed by atoms with van der Waals surface area (Å²) in [6.45, 7) is 7.01. The molecule has 128 valence electrons. The molecule has 2 fully saturated rings. The molecular formula is C16H26N4O2S. The first-order valence-electron chi connectivity index (χ1n) is 8.42. The largest absolute Gasteiger partial charge is 0.296 e. The molecule has 0 bridgehead atoms. The van der Waals surface area contributed by atoms with Crippen LogP contribution in [0.5, 0.6) is 0 Å². The topological polar surface area (TPSA) is 56.8 Å². The number of piperidine rings is 1. The molecule has 2 aliphatic rings. The Kier molecular flexibility index (Phi) is 5.31. The molecule has 1 atom stereocenters. The van der Waals surface area contributed by atoms with Gasteiger partial charge in [0.2, 0.25) is 0 Å². The van der Waals surface area contributed by atoms with Crippen LogP contribution in [0.25, 0.3) is 0 Å². The highest BCUT2D eigenvalue weighted by molar-refractivity contribution is 7.86. The van der Waals surface area contributed by atoms with E-state index in [2.05, 4.69) is 22.9 Å². The summed E-state index contributed by atoms with van der Waals surface area (Å²) in [6, 6.07) is 4.00. The fourth-order valence-corrected chi connectivity index (χ4v) is 5.14. The van der Waals surface area contributed by atoms with Crippen LogP contribution in [0.4, 0.5) is 0 Å². The number of piperazine rings is 1. The molecule has 3 heterocycles. The molecule has 23 heavy (non-hydrogen) atoms. The highest BCUT2D eigenvalue weighted by Gasteiger charge is 2.34. The van der Waals surface area contributed by atoms with E-state index in [0.29, 0.717) is 32.1 Å². The highest BCUT2D eigenvalue weighted by atomic mass is 32.2. The van der Waals surface area contributed by atoms with Gasteiger partial charge in [0.15, 0.2) is 0 Å². The third kappa shape index (κ3) is 4.09. The quantitative estimate of drug-likeness (QED) is 0.827. The third-order valence-electron chi connectivity index (χ3n) is 4.73. The summed E-state index contributed by atoms with van der Waals surface area (Å²) >= 11 is 0. The Morgan fingerprint density at radius 1 is 1.17 bits per heavy atom. The van der Waals surface area contributed by atoms with Crippen molar-refractivity contribution in [1.82, 2.24) is 18.5 Å². The molecule has 6 nitrogen and oxygen atoms in total. The standard InChI is InChI=1S/C16H26N4O2S/c1-15-4-3-7-20(13-15)23(21,22)19-10-8-18(9-11-19)14-16-5-2-6-17-12-16/h2,5-6,12,15H,3-4,7-11,13-14H2,1H3. The van der Waals surface area contributed by atoms with Crippen LogP contribution in [0.3, 0.4) is 0 Å². The first kappa shape index (κ1) is 16.8. The second-order valence-corrected chi connectivity index (χ2v) is 8.58. The Hall–Kier alpha value is -1.02. The summed E-state index contributed by atoms with van der Waals surface area (Å²) in [5.41, 5.74) is 1.17. The molecule has 7 heteroatoms. The van der Waals surface area contributed by atoms with Gasteiger partial charge in [-0.05, 0) is 30.4 Å². The molecule has 1 aromatic rings. The molecular weight excluding hydrogens is 312 g/mol. The van der Waals surface area contributed by atoms with Crippen LogP contribution in [0.2, 0.25) is 0 Å². The first-order chi connectivity index (χ1) is 11.1. The van der Waals surface area contributed by atoms with Crippen LogP contribution in [0.1, 0.15) is 25.3 Å². The van der Waals surface area contributed by atoms with E-state index in [0.717, 1.165) is 32.5 Å². The lowest BCUT2D eigenvalue weighted by Crippen LogP contribution is -2.54. The van der Waals surface area contributed by atoms with Gasteiger partial charge in [-0.3, -0.25) is 9.88 Å². The summed E-state index contributed by atoms with van der Waals surface area (Å²) < 4.78 is 28.9. The van der Waals surface area contributed by atoms with E-state index in [1.54, 1.807) is 14.8 Å². The molecule has 0 amide bonds. The van der Waals surface area contributed by atoms with Crippen molar-refractivity contribution in [2.75, 3.05) is 39.3 Å². The summed E-state index contributed by atoms with van der Waals surface area (Å²) in [7, 11) is -3.29. The van der Waals surface area contributed by atoms with Crippen LogP contribution < -0.4 is 0 Å². The lowest BCUT2D eigenvalue weighted by atomic mass is 10.0. The molecule has 3 rings (SSSR count). The summed E-state index contributed by atoms with van der Waals surface area (Å²) in [4.78, 5) is 6.43. The van der Waals surface area contributed by atoms with Gasteiger partial charge in [0.1, 0.15) is 0 Å². The van der Waals surface area contributed by atoms with Gasteiger partial charge >= 0.3 is 0 Å². The van der Waals surface area contributed by atoms with Gasteiger partial charge in [-0.25, -0.2) is 0 Å². The van der Waals surface area contributed by atoms with Crippen molar-refractivity contribution in [2.45, 2.75) is 26.3 Å². The zero-order chi connectivity index (χ0) is 16.3. The molecule has 1 aromatic heterocycles. The van der Waals surface area contributed by atoms with Crippen molar-refractivity contribution < 1.29 is 8.42 Å². The maximum Gasteiger partial charge on any atom is 0.282 e. The lowest BCUT2D eigenvalue weighted by Gasteiger charge is -2.38. The number of hydrogen-bond donors (Lipinski definition) is 0. The van der Waals surface area contributed by atoms with Crippen molar-refractivity contribution in [3.63, 3.8) is 0 Å². The van der Waals surface area contributed by atoms with E-state index < -0.39 is 10.2 Å². The third-order valence-corrected chi connectivity index (χ3v) is 6.73. The molecule has 2 aliphatic heterocycles. The number of pyridine rings is 1. The van der Waals surface area contributed by atoms with Crippen LogP contribution in [-0.2, 0) is 16.8 Å². The number of rotatable bonds is 4. The second-order valence-electron chi connectivity index (χ2n) is 6.65. The van der Waals surface area contributed by atoms with E-state index >= 15 is 0 Å². The average Bonchev–Trinajstić information content (AvgIpc) is 2.56. The smallest absolute Gasteiger partial charge is 0.282 e. The zero-order valence-electron chi connectivity index (χ0n) is 13.8. The van der Waals surface area contributed by atoms with Crippen LogP contribution in [-0.4, -0.2) is 66.2 Å². The molecule has 1 unspecified atom stereocenters. The zero-order valence-corrected chi connectivity index (χ0v) is 14.6. The van der Waals surface area contributed by atoms with Crippen LogP contribution >= 0.6 is 0 Å². The normalized spacial score (nSPS) is 25.5. The Bertz CT molecular complexity index is 600. The van der Waals surface area contributed by atoms with E-state index in [1.165, 1.54) is 5.56 Å². The van der Waals surface area contributed by atoms with Gasteiger partial charge in [-0.1, -0.05) is 13.0 Å². The Labute approximate surface area is 139 Å². The number of aromatic nitrogens is 1. The van der Waals surface area contributed by atoms with Gasteiger partial charge in [0, 0.05) is 58.2 Å². The van der Waals surface area contributed by atoms with Gasteiger partial charge < -0.3 is 0 Å². The van der Waals surface area contributed by atoms with Gasteiger partial charge in [-0.2, -0.15) is 17.0 Å². The van der Waals surface area contributed by atoms with Crippen molar-refractivity contribution in [3.8, 4) is 0 Å². The minimum atomic E-state index is -3.29. The van der Waals surface area contributed by atoms with Gasteiger partial charge in [-0.15, -0.1) is 0 Å². The van der Waals surface area contributed by atoms with E-state index in [4.69, 9.17) is 0 Å². The maximum atomic E-state index is 12.8. The minimum absolute atomic E-state index is 0.463. The van der Waals surface area contributed by atoms with Gasteiger partial charge in [0.05, 0.1) is 0 Å². The SMILES string of the molecule is CC1CCCN(S(=O)(=O)N2CCN(Cc3cccnc3)CC2)C1. The monoisotopic (exact) mass is 338 g/mol. The molecule has 2 saturated heterocycles. The first-order valence-corrected chi connectivity index (χ1v) is 9.82. The average molecular weight is 338 g/mol. The van der Waals surface area contributed by atoms with Crippen LogP contribution in [0, 0.1) is 5.92 Å². The fraction of sp³-hybridized carbons (Fsp3) is 0.688. The fourth-order valence-electron chi connectivity index (χ4n) is 3.39. The number of nitrogens with zero attached hydrogens (tertiary/aromatic N) is 4. The molecule has 0 aliphatic carbocycles. The van der Waals surface area contributed by atoms with Crippen molar-refractivity contribution in [2.24, 2.45) is 5.92 Å². The second kappa shape index (κ2) is 7.25. The Morgan fingerprint density at radius 3 is 2.61 bits per heavy atom. The summed E-state index contributed by atoms with van der Waals surface area (Å²) in [5.74, 6) is 0.463. The van der Waals surface area contributed by atoms with E-state index in [1.807, 2.05) is 12.3 Å². The molecule has 0 radical (unpaired) electrons. The Morgan fingerprint density at radius 2 is 1.96 bits per heavy atom. The highest BCUT2D eigenvalue weighted by Crippen LogP contribution is 2.21. The van der Waals surface area contributed by atoms with E-state index in [9.17, 15) is 8.42 Å². The molecule has 0 N–H and O–H groups in total. The molecule has 0 spiro atoms. The molecule has 0 saturated carbocycles. The summed E-state index contributed by atoms with van der Waals surface area (Å²) in [6.07, 6.45) is 5.75. The predicted molar refractivity (Wildman–Crippen MR) is 90.0 cm³/mol. The predicted octanol–water partition coefficient (Wildman–Crippen LogP) is 1.18. The summed E-state index contributed by atoms with van der Waals surface area (Å²) in [5, 5.41) is 0. The lowest BCUT2D eigenvalue weighted by molar-refractivity contribution is 0.169. The minimum Gasteiger partial charge on any atom is -0.296 e. The van der Waals surface area contributed by atoms with Crippen molar-refractivity contribution in [1.29, 1.82) is 0 Å². The molecule has 0 aromatic carbocycles. The maximum absolute atomic E-state index is 12.8. The number of hydrogen-bond acceptors (Lipinski definition) is 4. The van der Waals surface area contributed by atoms with Crippen molar-refractivity contribution >= 4 is 10.2 Å².